The molecule has 4 rings (SSSR count). The predicted octanol–water partition coefficient (Wildman–Crippen LogP) is 3.68. The van der Waals surface area contributed by atoms with Crippen LogP contribution < -0.4 is 5.32 Å². The number of carbonyl (C=O) groups is 1. The van der Waals surface area contributed by atoms with Gasteiger partial charge in [-0.1, -0.05) is 48.5 Å². The number of rotatable bonds is 4. The van der Waals surface area contributed by atoms with Crippen molar-refractivity contribution in [2.75, 3.05) is 18.4 Å². The van der Waals surface area contributed by atoms with Crippen molar-refractivity contribution in [3.8, 4) is 0 Å². The first-order chi connectivity index (χ1) is 12.8. The highest BCUT2D eigenvalue weighted by Crippen LogP contribution is 2.27. The number of hydrogen-bond acceptors (Lipinski definition) is 4. The highest BCUT2D eigenvalue weighted by Gasteiger charge is 2.31. The van der Waals surface area contributed by atoms with Gasteiger partial charge in [0.15, 0.2) is 0 Å². The van der Waals surface area contributed by atoms with Crippen LogP contribution in [0.5, 0.6) is 0 Å². The van der Waals surface area contributed by atoms with Crippen molar-refractivity contribution in [3.05, 3.63) is 78.0 Å². The fourth-order valence-corrected chi connectivity index (χ4v) is 3.14. The minimum Gasteiger partial charge on any atom is -0.425 e. The molecular formula is C20H20N4O2. The normalized spacial score (nSPS) is 16.6. The number of urea groups is 1. The lowest BCUT2D eigenvalue weighted by Gasteiger charge is -2.16. The molecule has 0 unspecified atom stereocenters. The SMILES string of the molecule is O=C(Nc1ccccc1)N1CC[C@H](c2nnc(Cc3ccccc3)o2)C1. The van der Waals surface area contributed by atoms with E-state index < -0.39 is 0 Å². The second-order valence-corrected chi connectivity index (χ2v) is 6.42. The fraction of sp³-hybridized carbons (Fsp3) is 0.250. The lowest BCUT2D eigenvalue weighted by atomic mass is 10.1. The van der Waals surface area contributed by atoms with Crippen LogP contribution in [0.4, 0.5) is 10.5 Å². The molecule has 0 bridgehead atoms. The van der Waals surface area contributed by atoms with Crippen molar-refractivity contribution in [1.29, 1.82) is 0 Å². The molecule has 1 atom stereocenters. The summed E-state index contributed by atoms with van der Waals surface area (Å²) in [6.07, 6.45) is 1.45. The van der Waals surface area contributed by atoms with Gasteiger partial charge in [0.25, 0.3) is 0 Å². The first-order valence-electron chi connectivity index (χ1n) is 8.75. The highest BCUT2D eigenvalue weighted by atomic mass is 16.4. The molecule has 1 saturated heterocycles. The summed E-state index contributed by atoms with van der Waals surface area (Å²) in [5.74, 6) is 1.32. The van der Waals surface area contributed by atoms with E-state index in [9.17, 15) is 4.79 Å². The average molecular weight is 348 g/mol. The number of benzene rings is 2. The Kier molecular flexibility index (Phi) is 4.64. The molecule has 2 aromatic carbocycles. The topological polar surface area (TPSA) is 71.3 Å². The molecule has 6 heteroatoms. The van der Waals surface area contributed by atoms with E-state index in [1.165, 1.54) is 0 Å². The van der Waals surface area contributed by atoms with E-state index in [1.807, 2.05) is 60.7 Å². The number of likely N-dealkylation sites (tertiary alicyclic amines) is 1. The molecule has 132 valence electrons. The van der Waals surface area contributed by atoms with Gasteiger partial charge in [-0.25, -0.2) is 4.79 Å². The van der Waals surface area contributed by atoms with Gasteiger partial charge in [-0.15, -0.1) is 10.2 Å². The molecule has 1 N–H and O–H groups in total. The Morgan fingerprint density at radius 1 is 1.08 bits per heavy atom. The average Bonchev–Trinajstić information content (AvgIpc) is 3.33. The van der Waals surface area contributed by atoms with E-state index in [0.717, 1.165) is 17.7 Å². The molecule has 1 fully saturated rings. The summed E-state index contributed by atoms with van der Waals surface area (Å²) >= 11 is 0. The van der Waals surface area contributed by atoms with Crippen LogP contribution in [0.1, 0.15) is 29.7 Å². The molecular weight excluding hydrogens is 328 g/mol. The predicted molar refractivity (Wildman–Crippen MR) is 97.9 cm³/mol. The van der Waals surface area contributed by atoms with Crippen LogP contribution in [0, 0.1) is 0 Å². The maximum Gasteiger partial charge on any atom is 0.321 e. The van der Waals surface area contributed by atoms with Gasteiger partial charge >= 0.3 is 6.03 Å². The van der Waals surface area contributed by atoms with Crippen molar-refractivity contribution in [1.82, 2.24) is 15.1 Å². The minimum atomic E-state index is -0.0947. The van der Waals surface area contributed by atoms with Crippen molar-refractivity contribution in [2.45, 2.75) is 18.8 Å². The second kappa shape index (κ2) is 7.39. The summed E-state index contributed by atoms with van der Waals surface area (Å²) in [5.41, 5.74) is 1.93. The third kappa shape index (κ3) is 3.74. The van der Waals surface area contributed by atoms with E-state index in [0.29, 0.717) is 31.3 Å². The highest BCUT2D eigenvalue weighted by molar-refractivity contribution is 5.89. The van der Waals surface area contributed by atoms with Crippen LogP contribution in [-0.2, 0) is 6.42 Å². The van der Waals surface area contributed by atoms with Crippen LogP contribution in [0.15, 0.2) is 65.1 Å². The Balaban J connectivity index is 1.36. The lowest BCUT2D eigenvalue weighted by Crippen LogP contribution is -2.32. The molecule has 0 saturated carbocycles. The molecule has 3 aromatic rings. The third-order valence-electron chi connectivity index (χ3n) is 4.53. The number of para-hydroxylation sites is 1. The van der Waals surface area contributed by atoms with Crippen molar-refractivity contribution < 1.29 is 9.21 Å². The van der Waals surface area contributed by atoms with Gasteiger partial charge in [-0.2, -0.15) is 0 Å². The molecule has 2 amide bonds. The Labute approximate surface area is 151 Å². The number of anilines is 1. The van der Waals surface area contributed by atoms with Gasteiger partial charge in [0, 0.05) is 18.8 Å². The number of amides is 2. The second-order valence-electron chi connectivity index (χ2n) is 6.42. The Hall–Kier alpha value is -3.15. The molecule has 1 aliphatic rings. The van der Waals surface area contributed by atoms with Gasteiger partial charge in [0.05, 0.1) is 12.3 Å². The third-order valence-corrected chi connectivity index (χ3v) is 4.53. The first kappa shape index (κ1) is 16.3. The van der Waals surface area contributed by atoms with Crippen molar-refractivity contribution in [2.24, 2.45) is 0 Å². The van der Waals surface area contributed by atoms with Crippen LogP contribution in [-0.4, -0.2) is 34.2 Å². The van der Waals surface area contributed by atoms with E-state index in [2.05, 4.69) is 15.5 Å². The van der Waals surface area contributed by atoms with Gasteiger partial charge in [-0.05, 0) is 24.1 Å². The van der Waals surface area contributed by atoms with Gasteiger partial charge < -0.3 is 14.6 Å². The molecule has 1 aromatic heterocycles. The van der Waals surface area contributed by atoms with Crippen molar-refractivity contribution >= 4 is 11.7 Å². The quantitative estimate of drug-likeness (QED) is 0.781. The monoisotopic (exact) mass is 348 g/mol. The van der Waals surface area contributed by atoms with E-state index >= 15 is 0 Å². The number of aromatic nitrogens is 2. The first-order valence-corrected chi connectivity index (χ1v) is 8.75. The summed E-state index contributed by atoms with van der Waals surface area (Å²) in [4.78, 5) is 14.2. The van der Waals surface area contributed by atoms with Gasteiger partial charge in [0.1, 0.15) is 0 Å². The molecule has 0 aliphatic carbocycles. The fourth-order valence-electron chi connectivity index (χ4n) is 3.14. The minimum absolute atomic E-state index is 0.0912. The maximum absolute atomic E-state index is 12.4. The van der Waals surface area contributed by atoms with Crippen LogP contribution >= 0.6 is 0 Å². The Bertz CT molecular complexity index is 864. The number of nitrogens with one attached hydrogen (secondary N) is 1. The number of carbonyl (C=O) groups excluding carboxylic acids is 1. The molecule has 6 nitrogen and oxygen atoms in total. The number of hydrogen-bond donors (Lipinski definition) is 1. The molecule has 1 aliphatic heterocycles. The smallest absolute Gasteiger partial charge is 0.321 e. The van der Waals surface area contributed by atoms with Crippen LogP contribution in [0.25, 0.3) is 0 Å². The standard InChI is InChI=1S/C20H20N4O2/c25-20(21-17-9-5-2-6-10-17)24-12-11-16(14-24)19-23-22-18(26-19)13-15-7-3-1-4-8-15/h1-10,16H,11-14H2,(H,21,25)/t16-/m0/s1. The van der Waals surface area contributed by atoms with E-state index in [-0.39, 0.29) is 11.9 Å². The summed E-state index contributed by atoms with van der Waals surface area (Å²) in [7, 11) is 0. The van der Waals surface area contributed by atoms with Gasteiger partial charge in [0.2, 0.25) is 11.8 Å². The van der Waals surface area contributed by atoms with Crippen LogP contribution in [0.2, 0.25) is 0 Å². The molecule has 0 radical (unpaired) electrons. The zero-order valence-corrected chi connectivity index (χ0v) is 14.3. The van der Waals surface area contributed by atoms with E-state index in [4.69, 9.17) is 4.42 Å². The van der Waals surface area contributed by atoms with E-state index in [1.54, 1.807) is 4.90 Å². The summed E-state index contributed by atoms with van der Waals surface area (Å²) < 4.78 is 5.84. The zero-order valence-electron chi connectivity index (χ0n) is 14.3. The molecule has 0 spiro atoms. The number of nitrogens with zero attached hydrogens (tertiary/aromatic N) is 3. The summed E-state index contributed by atoms with van der Waals surface area (Å²) in [6, 6.07) is 19.4. The van der Waals surface area contributed by atoms with Crippen LogP contribution in [0.3, 0.4) is 0 Å². The molecule has 26 heavy (non-hydrogen) atoms. The summed E-state index contributed by atoms with van der Waals surface area (Å²) in [6.45, 7) is 1.27. The Morgan fingerprint density at radius 2 is 1.81 bits per heavy atom. The Morgan fingerprint density at radius 3 is 2.58 bits per heavy atom. The molecule has 2 heterocycles. The lowest BCUT2D eigenvalue weighted by molar-refractivity contribution is 0.221. The maximum atomic E-state index is 12.4. The largest absolute Gasteiger partial charge is 0.425 e. The van der Waals surface area contributed by atoms with Crippen molar-refractivity contribution in [3.63, 3.8) is 0 Å². The zero-order chi connectivity index (χ0) is 17.8. The van der Waals surface area contributed by atoms with Gasteiger partial charge in [-0.3, -0.25) is 0 Å². The summed E-state index contributed by atoms with van der Waals surface area (Å²) in [5, 5.41) is 11.3.